The molecule has 2 aromatic rings. The molecule has 0 radical (unpaired) electrons. The van der Waals surface area contributed by atoms with Crippen LogP contribution in [0.2, 0.25) is 0 Å². The first-order chi connectivity index (χ1) is 7.75. The van der Waals surface area contributed by atoms with Gasteiger partial charge in [-0.1, -0.05) is 24.3 Å². The van der Waals surface area contributed by atoms with Crippen molar-refractivity contribution in [3.63, 3.8) is 0 Å². The van der Waals surface area contributed by atoms with Crippen LogP contribution < -0.4 is 4.74 Å². The van der Waals surface area contributed by atoms with Crippen molar-refractivity contribution in [1.82, 2.24) is 4.98 Å². The highest BCUT2D eigenvalue weighted by Crippen LogP contribution is 2.13. The lowest BCUT2D eigenvalue weighted by molar-refractivity contribution is 0.303. The van der Waals surface area contributed by atoms with Crippen molar-refractivity contribution in [1.29, 1.82) is 0 Å². The topological polar surface area (TPSA) is 22.1 Å². The van der Waals surface area contributed by atoms with Gasteiger partial charge >= 0.3 is 0 Å². The third kappa shape index (κ3) is 2.57. The van der Waals surface area contributed by atoms with Gasteiger partial charge in [0.1, 0.15) is 12.4 Å². The molecule has 82 valence electrons. The third-order valence-electron chi connectivity index (χ3n) is 2.36. The lowest BCUT2D eigenvalue weighted by Gasteiger charge is -2.07. The number of rotatable bonds is 3. The van der Waals surface area contributed by atoms with Gasteiger partial charge in [0.2, 0.25) is 5.95 Å². The number of hydrogen-bond donors (Lipinski definition) is 0. The molecule has 2 nitrogen and oxygen atoms in total. The van der Waals surface area contributed by atoms with Crippen LogP contribution in [0.25, 0.3) is 0 Å². The molecule has 0 aliphatic rings. The van der Waals surface area contributed by atoms with Crippen molar-refractivity contribution in [3.8, 4) is 5.75 Å². The number of pyridine rings is 1. The van der Waals surface area contributed by atoms with Crippen LogP contribution in [0.15, 0.2) is 42.6 Å². The first-order valence-electron chi connectivity index (χ1n) is 5.04. The van der Waals surface area contributed by atoms with Gasteiger partial charge in [-0.3, -0.25) is 0 Å². The third-order valence-corrected chi connectivity index (χ3v) is 2.36. The Morgan fingerprint density at radius 1 is 1.19 bits per heavy atom. The standard InChI is InChI=1S/C13H12FNO/c1-10-4-2-3-5-11(10)9-16-12-6-7-13(14)15-8-12/h2-8H,9H2,1H3. The lowest BCUT2D eigenvalue weighted by Crippen LogP contribution is -1.98. The normalized spacial score (nSPS) is 10.1. The number of aromatic nitrogens is 1. The summed E-state index contributed by atoms with van der Waals surface area (Å²) in [5.74, 6) is 0.0768. The quantitative estimate of drug-likeness (QED) is 0.737. The molecule has 3 heteroatoms. The minimum absolute atomic E-state index is 0.472. The molecule has 1 aromatic heterocycles. The maximum Gasteiger partial charge on any atom is 0.213 e. The molecule has 1 aromatic carbocycles. The first kappa shape index (κ1) is 10.6. The lowest BCUT2D eigenvalue weighted by atomic mass is 10.1. The molecule has 0 aliphatic heterocycles. The Bertz CT molecular complexity index is 468. The Morgan fingerprint density at radius 2 is 2.00 bits per heavy atom. The van der Waals surface area contributed by atoms with Crippen LogP contribution in [0, 0.1) is 12.9 Å². The molecule has 0 spiro atoms. The van der Waals surface area contributed by atoms with Gasteiger partial charge in [-0.15, -0.1) is 0 Å². The SMILES string of the molecule is Cc1ccccc1COc1ccc(F)nc1. The van der Waals surface area contributed by atoms with Gasteiger partial charge in [-0.25, -0.2) is 4.98 Å². The number of halogens is 1. The molecule has 0 saturated carbocycles. The minimum atomic E-state index is -0.497. The van der Waals surface area contributed by atoms with E-state index in [1.165, 1.54) is 17.8 Å². The van der Waals surface area contributed by atoms with Gasteiger partial charge in [-0.2, -0.15) is 4.39 Å². The van der Waals surface area contributed by atoms with E-state index < -0.39 is 5.95 Å². The maximum atomic E-state index is 12.5. The summed E-state index contributed by atoms with van der Waals surface area (Å²) < 4.78 is 18.0. The fourth-order valence-corrected chi connectivity index (χ4v) is 1.38. The van der Waals surface area contributed by atoms with Crippen molar-refractivity contribution < 1.29 is 9.13 Å². The van der Waals surface area contributed by atoms with Crippen LogP contribution in [0.1, 0.15) is 11.1 Å². The second-order valence-electron chi connectivity index (χ2n) is 3.53. The second-order valence-corrected chi connectivity index (χ2v) is 3.53. The fraction of sp³-hybridized carbons (Fsp3) is 0.154. The van der Waals surface area contributed by atoms with Crippen LogP contribution in [0.3, 0.4) is 0 Å². The van der Waals surface area contributed by atoms with E-state index in [9.17, 15) is 4.39 Å². The fourth-order valence-electron chi connectivity index (χ4n) is 1.38. The highest BCUT2D eigenvalue weighted by molar-refractivity contribution is 5.26. The number of hydrogen-bond acceptors (Lipinski definition) is 2. The van der Waals surface area contributed by atoms with Gasteiger partial charge in [0.05, 0.1) is 6.20 Å². The Balaban J connectivity index is 2.02. The van der Waals surface area contributed by atoms with Gasteiger partial charge in [0, 0.05) is 0 Å². The zero-order valence-electron chi connectivity index (χ0n) is 8.98. The monoisotopic (exact) mass is 217 g/mol. The molecule has 0 atom stereocenters. The zero-order chi connectivity index (χ0) is 11.4. The van der Waals surface area contributed by atoms with E-state index in [1.807, 2.05) is 31.2 Å². The first-order valence-corrected chi connectivity index (χ1v) is 5.04. The van der Waals surface area contributed by atoms with Crippen LogP contribution >= 0.6 is 0 Å². The molecular formula is C13H12FNO. The summed E-state index contributed by atoms with van der Waals surface area (Å²) in [6.45, 7) is 2.50. The number of ether oxygens (including phenoxy) is 1. The molecule has 0 bridgehead atoms. The molecule has 0 fully saturated rings. The zero-order valence-corrected chi connectivity index (χ0v) is 8.98. The van der Waals surface area contributed by atoms with E-state index in [1.54, 1.807) is 6.07 Å². The summed E-state index contributed by atoms with van der Waals surface area (Å²) in [6.07, 6.45) is 1.38. The van der Waals surface area contributed by atoms with E-state index in [0.717, 1.165) is 5.56 Å². The number of nitrogens with zero attached hydrogens (tertiary/aromatic N) is 1. The van der Waals surface area contributed by atoms with Crippen molar-refractivity contribution in [2.75, 3.05) is 0 Å². The van der Waals surface area contributed by atoms with Crippen LogP contribution in [-0.2, 0) is 6.61 Å². The average molecular weight is 217 g/mol. The number of aryl methyl sites for hydroxylation is 1. The van der Waals surface area contributed by atoms with Gasteiger partial charge in [0.15, 0.2) is 0 Å². The van der Waals surface area contributed by atoms with Crippen LogP contribution in [0.4, 0.5) is 4.39 Å². The predicted octanol–water partition coefficient (Wildman–Crippen LogP) is 3.11. The Kier molecular flexibility index (Phi) is 3.15. The van der Waals surface area contributed by atoms with Crippen molar-refractivity contribution in [2.45, 2.75) is 13.5 Å². The molecule has 0 amide bonds. The summed E-state index contributed by atoms with van der Waals surface area (Å²) in [7, 11) is 0. The van der Waals surface area contributed by atoms with Gasteiger partial charge in [-0.05, 0) is 30.2 Å². The second kappa shape index (κ2) is 4.75. The van der Waals surface area contributed by atoms with Crippen molar-refractivity contribution in [2.24, 2.45) is 0 Å². The molecule has 16 heavy (non-hydrogen) atoms. The van der Waals surface area contributed by atoms with Crippen molar-refractivity contribution >= 4 is 0 Å². The van der Waals surface area contributed by atoms with Gasteiger partial charge < -0.3 is 4.74 Å². The molecule has 2 rings (SSSR count). The van der Waals surface area contributed by atoms with Crippen molar-refractivity contribution in [3.05, 3.63) is 59.7 Å². The van der Waals surface area contributed by atoms with Crippen LogP contribution in [-0.4, -0.2) is 4.98 Å². The molecule has 0 saturated heterocycles. The van der Waals surface area contributed by atoms with Crippen LogP contribution in [0.5, 0.6) is 5.75 Å². The average Bonchev–Trinajstić information content (AvgIpc) is 2.30. The minimum Gasteiger partial charge on any atom is -0.487 e. The van der Waals surface area contributed by atoms with E-state index in [2.05, 4.69) is 4.98 Å². The van der Waals surface area contributed by atoms with E-state index in [0.29, 0.717) is 12.4 Å². The highest BCUT2D eigenvalue weighted by atomic mass is 19.1. The molecule has 0 aliphatic carbocycles. The summed E-state index contributed by atoms with van der Waals surface area (Å²) in [4.78, 5) is 3.52. The largest absolute Gasteiger partial charge is 0.487 e. The smallest absolute Gasteiger partial charge is 0.213 e. The molecule has 0 N–H and O–H groups in total. The maximum absolute atomic E-state index is 12.5. The Labute approximate surface area is 93.7 Å². The Morgan fingerprint density at radius 3 is 2.69 bits per heavy atom. The molecule has 1 heterocycles. The van der Waals surface area contributed by atoms with E-state index in [4.69, 9.17) is 4.74 Å². The number of benzene rings is 1. The Hall–Kier alpha value is -1.90. The summed E-state index contributed by atoms with van der Waals surface area (Å²) in [5, 5.41) is 0. The summed E-state index contributed by atoms with van der Waals surface area (Å²) in [5.41, 5.74) is 2.30. The summed E-state index contributed by atoms with van der Waals surface area (Å²) >= 11 is 0. The summed E-state index contributed by atoms with van der Waals surface area (Å²) in [6, 6.07) is 10.8. The van der Waals surface area contributed by atoms with E-state index >= 15 is 0 Å². The predicted molar refractivity (Wildman–Crippen MR) is 59.7 cm³/mol. The van der Waals surface area contributed by atoms with E-state index in [-0.39, 0.29) is 0 Å². The highest BCUT2D eigenvalue weighted by Gasteiger charge is 1.99. The van der Waals surface area contributed by atoms with Gasteiger partial charge in [0.25, 0.3) is 0 Å². The molecular weight excluding hydrogens is 205 g/mol. The molecule has 0 unspecified atom stereocenters.